The summed E-state index contributed by atoms with van der Waals surface area (Å²) in [5.74, 6) is 0. The second-order valence-electron chi connectivity index (χ2n) is 5.78. The maximum Gasteiger partial charge on any atom is 0.410 e. The van der Waals surface area contributed by atoms with Crippen molar-refractivity contribution in [3.05, 3.63) is 34.9 Å². The molecule has 2 aliphatic heterocycles. The maximum absolute atomic E-state index is 12.0. The van der Waals surface area contributed by atoms with Gasteiger partial charge in [0.25, 0.3) is 0 Å². The molecule has 1 aromatic carbocycles. The van der Waals surface area contributed by atoms with Crippen molar-refractivity contribution in [2.24, 2.45) is 5.41 Å². The van der Waals surface area contributed by atoms with Gasteiger partial charge in [-0.25, -0.2) is 4.79 Å². The average Bonchev–Trinajstić information content (AvgIpc) is 2.43. The van der Waals surface area contributed by atoms with Crippen molar-refractivity contribution in [1.29, 1.82) is 0 Å². The number of likely N-dealkylation sites (tertiary alicyclic amines) is 1. The fraction of sp³-hybridized carbons (Fsp3) is 0.533. The molecule has 20 heavy (non-hydrogen) atoms. The van der Waals surface area contributed by atoms with Gasteiger partial charge >= 0.3 is 6.09 Å². The van der Waals surface area contributed by atoms with Crippen LogP contribution in [0.3, 0.4) is 0 Å². The lowest BCUT2D eigenvalue weighted by Gasteiger charge is -2.48. The zero-order chi connectivity index (χ0) is 14.0. The van der Waals surface area contributed by atoms with Gasteiger partial charge in [0, 0.05) is 31.2 Å². The predicted octanol–water partition coefficient (Wildman–Crippen LogP) is 2.66. The number of carbonyl (C=O) groups excluding carboxylic acids is 1. The molecule has 2 saturated heterocycles. The Kier molecular flexibility index (Phi) is 3.85. The van der Waals surface area contributed by atoms with Crippen molar-refractivity contribution in [3.63, 3.8) is 0 Å². The molecule has 1 amide bonds. The quantitative estimate of drug-likeness (QED) is 0.912. The number of benzene rings is 1. The van der Waals surface area contributed by atoms with Crippen molar-refractivity contribution in [2.75, 3.05) is 26.2 Å². The third-order valence-corrected chi connectivity index (χ3v) is 4.57. The number of nitrogens with one attached hydrogen (secondary N) is 1. The van der Waals surface area contributed by atoms with Crippen LogP contribution in [0.5, 0.6) is 0 Å². The van der Waals surface area contributed by atoms with E-state index in [9.17, 15) is 4.79 Å². The molecule has 0 aliphatic carbocycles. The molecular formula is C15H19ClN2O2. The second kappa shape index (κ2) is 5.62. The lowest BCUT2D eigenvalue weighted by atomic mass is 9.73. The summed E-state index contributed by atoms with van der Waals surface area (Å²) in [6.45, 7) is 4.07. The van der Waals surface area contributed by atoms with Crippen LogP contribution in [-0.4, -0.2) is 37.2 Å². The Hall–Kier alpha value is -1.26. The fourth-order valence-electron chi connectivity index (χ4n) is 2.86. The number of nitrogens with zero attached hydrogens (tertiary/aromatic N) is 1. The molecule has 3 rings (SSSR count). The first-order chi connectivity index (χ1) is 9.67. The van der Waals surface area contributed by atoms with Crippen LogP contribution in [0, 0.1) is 5.41 Å². The van der Waals surface area contributed by atoms with Gasteiger partial charge in [-0.15, -0.1) is 0 Å². The summed E-state index contributed by atoms with van der Waals surface area (Å²) >= 11 is 5.91. The van der Waals surface area contributed by atoms with Gasteiger partial charge < -0.3 is 15.0 Å². The van der Waals surface area contributed by atoms with Crippen LogP contribution in [-0.2, 0) is 11.3 Å². The van der Waals surface area contributed by atoms with Crippen molar-refractivity contribution >= 4 is 17.7 Å². The van der Waals surface area contributed by atoms with E-state index in [1.807, 2.05) is 29.2 Å². The van der Waals surface area contributed by atoms with Gasteiger partial charge in [-0.2, -0.15) is 0 Å². The van der Waals surface area contributed by atoms with Crippen LogP contribution in [0.2, 0.25) is 5.02 Å². The molecule has 4 nitrogen and oxygen atoms in total. The van der Waals surface area contributed by atoms with E-state index in [4.69, 9.17) is 16.3 Å². The van der Waals surface area contributed by atoms with Crippen molar-refractivity contribution in [3.8, 4) is 0 Å². The zero-order valence-electron chi connectivity index (χ0n) is 11.4. The Morgan fingerprint density at radius 3 is 2.70 bits per heavy atom. The van der Waals surface area contributed by atoms with Crippen molar-refractivity contribution < 1.29 is 9.53 Å². The molecule has 1 N–H and O–H groups in total. The van der Waals surface area contributed by atoms with Gasteiger partial charge in [0.15, 0.2) is 0 Å². The minimum absolute atomic E-state index is 0.216. The number of ether oxygens (including phenoxy) is 1. The highest BCUT2D eigenvalue weighted by Crippen LogP contribution is 2.35. The van der Waals surface area contributed by atoms with E-state index in [2.05, 4.69) is 5.32 Å². The first-order valence-corrected chi connectivity index (χ1v) is 7.42. The Morgan fingerprint density at radius 1 is 1.35 bits per heavy atom. The van der Waals surface area contributed by atoms with Gasteiger partial charge in [-0.1, -0.05) is 23.7 Å². The largest absolute Gasteiger partial charge is 0.445 e. The summed E-state index contributed by atoms with van der Waals surface area (Å²) in [6, 6.07) is 7.40. The SMILES string of the molecule is O=C(OCc1cccc(Cl)c1)N1CCC2(CC1)CNC2. The van der Waals surface area contributed by atoms with E-state index in [-0.39, 0.29) is 12.7 Å². The standard InChI is InChI=1S/C15H19ClN2O2/c16-13-3-1-2-12(8-13)9-20-14(19)18-6-4-15(5-7-18)10-17-11-15/h1-3,8,17H,4-7,9-11H2. The normalized spacial score (nSPS) is 20.6. The number of rotatable bonds is 2. The van der Waals surface area contributed by atoms with E-state index in [0.29, 0.717) is 10.4 Å². The van der Waals surface area contributed by atoms with Crippen LogP contribution in [0.25, 0.3) is 0 Å². The highest BCUT2D eigenvalue weighted by Gasteiger charge is 2.40. The topological polar surface area (TPSA) is 41.6 Å². The molecule has 2 heterocycles. The van der Waals surface area contributed by atoms with E-state index >= 15 is 0 Å². The van der Waals surface area contributed by atoms with Gasteiger partial charge in [-0.3, -0.25) is 0 Å². The molecule has 1 spiro atoms. The molecule has 0 radical (unpaired) electrons. The van der Waals surface area contributed by atoms with Crippen LogP contribution >= 0.6 is 11.6 Å². The second-order valence-corrected chi connectivity index (χ2v) is 6.21. The molecule has 2 aliphatic rings. The highest BCUT2D eigenvalue weighted by molar-refractivity contribution is 6.30. The number of hydrogen-bond acceptors (Lipinski definition) is 3. The molecule has 0 atom stereocenters. The molecule has 5 heteroatoms. The smallest absolute Gasteiger partial charge is 0.410 e. The van der Waals surface area contributed by atoms with Crippen LogP contribution in [0.1, 0.15) is 18.4 Å². The van der Waals surface area contributed by atoms with E-state index in [0.717, 1.165) is 44.6 Å². The van der Waals surface area contributed by atoms with E-state index in [1.165, 1.54) is 0 Å². The van der Waals surface area contributed by atoms with Crippen LogP contribution < -0.4 is 5.32 Å². The number of hydrogen-bond donors (Lipinski definition) is 1. The molecule has 1 aromatic rings. The average molecular weight is 295 g/mol. The summed E-state index contributed by atoms with van der Waals surface area (Å²) in [5.41, 5.74) is 1.37. The summed E-state index contributed by atoms with van der Waals surface area (Å²) in [7, 11) is 0. The monoisotopic (exact) mass is 294 g/mol. The first-order valence-electron chi connectivity index (χ1n) is 7.04. The Bertz CT molecular complexity index is 492. The summed E-state index contributed by atoms with van der Waals surface area (Å²) < 4.78 is 5.36. The molecule has 0 bridgehead atoms. The molecule has 0 saturated carbocycles. The minimum Gasteiger partial charge on any atom is -0.445 e. The number of amides is 1. The number of halogens is 1. The van der Waals surface area contributed by atoms with Gasteiger partial charge in [0.05, 0.1) is 0 Å². The Labute approximate surface area is 124 Å². The van der Waals surface area contributed by atoms with E-state index < -0.39 is 0 Å². The number of carbonyl (C=O) groups is 1. The maximum atomic E-state index is 12.0. The van der Waals surface area contributed by atoms with Crippen LogP contribution in [0.4, 0.5) is 4.79 Å². The first kappa shape index (κ1) is 13.7. The third-order valence-electron chi connectivity index (χ3n) is 4.33. The summed E-state index contributed by atoms with van der Waals surface area (Å²) in [5, 5.41) is 3.98. The van der Waals surface area contributed by atoms with Gasteiger partial charge in [0.1, 0.15) is 6.61 Å². The van der Waals surface area contributed by atoms with Gasteiger partial charge in [-0.05, 0) is 36.0 Å². The molecule has 108 valence electrons. The summed E-state index contributed by atoms with van der Waals surface area (Å²) in [6.07, 6.45) is 1.94. The summed E-state index contributed by atoms with van der Waals surface area (Å²) in [4.78, 5) is 13.8. The Balaban J connectivity index is 1.47. The molecule has 0 aromatic heterocycles. The zero-order valence-corrected chi connectivity index (χ0v) is 12.2. The van der Waals surface area contributed by atoms with E-state index in [1.54, 1.807) is 0 Å². The molecule has 2 fully saturated rings. The number of piperidine rings is 1. The lowest BCUT2D eigenvalue weighted by Crippen LogP contribution is -2.58. The van der Waals surface area contributed by atoms with Crippen molar-refractivity contribution in [2.45, 2.75) is 19.4 Å². The van der Waals surface area contributed by atoms with Gasteiger partial charge in [0.2, 0.25) is 0 Å². The lowest BCUT2D eigenvalue weighted by molar-refractivity contribution is 0.0384. The third kappa shape index (κ3) is 2.91. The van der Waals surface area contributed by atoms with Crippen LogP contribution in [0.15, 0.2) is 24.3 Å². The predicted molar refractivity (Wildman–Crippen MR) is 77.7 cm³/mol. The highest BCUT2D eigenvalue weighted by atomic mass is 35.5. The van der Waals surface area contributed by atoms with Crippen molar-refractivity contribution in [1.82, 2.24) is 10.2 Å². The Morgan fingerprint density at radius 2 is 2.10 bits per heavy atom. The minimum atomic E-state index is -0.216. The fourth-order valence-corrected chi connectivity index (χ4v) is 3.07. The molecule has 0 unspecified atom stereocenters. The molecular weight excluding hydrogens is 276 g/mol.